The number of rotatable bonds is 4. The zero-order chi connectivity index (χ0) is 14.9. The molecular weight excluding hydrogens is 296 g/mol. The highest BCUT2D eigenvalue weighted by molar-refractivity contribution is 7.13. The Labute approximate surface area is 132 Å². The summed E-state index contributed by atoms with van der Waals surface area (Å²) in [7, 11) is 0. The van der Waals surface area contributed by atoms with Crippen LogP contribution in [0, 0.1) is 6.92 Å². The number of fused-ring (bicyclic) bond motifs is 1. The van der Waals surface area contributed by atoms with Crippen molar-refractivity contribution in [1.29, 1.82) is 0 Å². The van der Waals surface area contributed by atoms with Crippen LogP contribution in [0.4, 0.5) is 0 Å². The summed E-state index contributed by atoms with van der Waals surface area (Å²) in [4.78, 5) is 1.23. The summed E-state index contributed by atoms with van der Waals surface area (Å²) < 4.78 is 2.22. The lowest BCUT2D eigenvalue weighted by Gasteiger charge is -2.25. The minimum absolute atomic E-state index is 0.452. The Morgan fingerprint density at radius 1 is 1.45 bits per heavy atom. The Morgan fingerprint density at radius 3 is 3.27 bits per heavy atom. The number of thiophene rings is 1. The number of hydrogen-bond donors (Lipinski definition) is 2. The highest BCUT2D eigenvalue weighted by atomic mass is 32.1. The van der Waals surface area contributed by atoms with Crippen LogP contribution in [0.25, 0.3) is 10.6 Å². The Morgan fingerprint density at radius 2 is 2.41 bits per heavy atom. The molecule has 0 saturated carbocycles. The van der Waals surface area contributed by atoms with E-state index in [4.69, 9.17) is 0 Å². The van der Waals surface area contributed by atoms with Gasteiger partial charge in [0.25, 0.3) is 0 Å². The molecule has 0 unspecified atom stereocenters. The standard InChI is InChI=1S/C15H18N6S/c1-10-18-19-14-5-4-12(9-21(10)14)16-7-11-8-17-20-15(11)13-3-2-6-22-13/h2-3,6,8,12,16H,4-5,7,9H2,1H3,(H,17,20)/t12-/m1/s1. The molecule has 0 saturated heterocycles. The number of aromatic amines is 1. The smallest absolute Gasteiger partial charge is 0.133 e. The monoisotopic (exact) mass is 314 g/mol. The van der Waals surface area contributed by atoms with Gasteiger partial charge in [0, 0.05) is 31.1 Å². The van der Waals surface area contributed by atoms with E-state index in [2.05, 4.69) is 47.8 Å². The fourth-order valence-corrected chi connectivity index (χ4v) is 3.72. The summed E-state index contributed by atoms with van der Waals surface area (Å²) in [5, 5.41) is 21.4. The van der Waals surface area contributed by atoms with Crippen molar-refractivity contribution in [3.8, 4) is 10.6 Å². The third-order valence-electron chi connectivity index (χ3n) is 4.20. The molecular formula is C15H18N6S. The third kappa shape index (κ3) is 2.46. The first kappa shape index (κ1) is 13.7. The summed E-state index contributed by atoms with van der Waals surface area (Å²) in [5.41, 5.74) is 2.34. The molecule has 0 amide bonds. The van der Waals surface area contributed by atoms with E-state index in [0.717, 1.165) is 43.3 Å². The number of nitrogens with zero attached hydrogens (tertiary/aromatic N) is 4. The van der Waals surface area contributed by atoms with Gasteiger partial charge in [0.05, 0.1) is 16.8 Å². The van der Waals surface area contributed by atoms with Gasteiger partial charge in [-0.15, -0.1) is 21.5 Å². The van der Waals surface area contributed by atoms with E-state index in [1.165, 1.54) is 10.4 Å². The van der Waals surface area contributed by atoms with Gasteiger partial charge in [0.1, 0.15) is 11.6 Å². The van der Waals surface area contributed by atoms with Crippen molar-refractivity contribution < 1.29 is 0 Å². The molecule has 4 heterocycles. The highest BCUT2D eigenvalue weighted by Crippen LogP contribution is 2.26. The predicted molar refractivity (Wildman–Crippen MR) is 85.6 cm³/mol. The first-order valence-corrected chi connectivity index (χ1v) is 8.37. The maximum Gasteiger partial charge on any atom is 0.133 e. The summed E-state index contributed by atoms with van der Waals surface area (Å²) in [5.74, 6) is 2.11. The fraction of sp³-hybridized carbons (Fsp3) is 0.400. The number of aromatic nitrogens is 5. The van der Waals surface area contributed by atoms with Crippen LogP contribution < -0.4 is 5.32 Å². The van der Waals surface area contributed by atoms with Crippen molar-refractivity contribution in [3.05, 3.63) is 40.9 Å². The van der Waals surface area contributed by atoms with E-state index >= 15 is 0 Å². The van der Waals surface area contributed by atoms with Crippen LogP contribution in [0.3, 0.4) is 0 Å². The van der Waals surface area contributed by atoms with Gasteiger partial charge in [-0.3, -0.25) is 5.10 Å². The second-order valence-corrected chi connectivity index (χ2v) is 6.59. The molecule has 22 heavy (non-hydrogen) atoms. The average molecular weight is 314 g/mol. The SMILES string of the molecule is Cc1nnc2n1C[C@H](NCc1cn[nH]c1-c1cccs1)CC2. The Balaban J connectivity index is 1.44. The van der Waals surface area contributed by atoms with E-state index in [0.29, 0.717) is 6.04 Å². The molecule has 0 aliphatic carbocycles. The number of aryl methyl sites for hydroxylation is 2. The maximum absolute atomic E-state index is 4.22. The third-order valence-corrected chi connectivity index (χ3v) is 5.09. The molecule has 1 atom stereocenters. The summed E-state index contributed by atoms with van der Waals surface area (Å²) in [6.07, 6.45) is 4.01. The molecule has 114 valence electrons. The van der Waals surface area contributed by atoms with Gasteiger partial charge in [-0.25, -0.2) is 0 Å². The van der Waals surface area contributed by atoms with E-state index in [-0.39, 0.29) is 0 Å². The number of hydrogen-bond acceptors (Lipinski definition) is 5. The van der Waals surface area contributed by atoms with Crippen LogP contribution >= 0.6 is 11.3 Å². The minimum atomic E-state index is 0.452. The van der Waals surface area contributed by atoms with Gasteiger partial charge >= 0.3 is 0 Å². The molecule has 4 rings (SSSR count). The predicted octanol–water partition coefficient (Wildman–Crippen LogP) is 2.14. The summed E-state index contributed by atoms with van der Waals surface area (Å²) in [6.45, 7) is 3.79. The molecule has 2 N–H and O–H groups in total. The van der Waals surface area contributed by atoms with Gasteiger partial charge < -0.3 is 9.88 Å². The van der Waals surface area contributed by atoms with Crippen LogP contribution in [-0.2, 0) is 19.5 Å². The zero-order valence-corrected chi connectivity index (χ0v) is 13.2. The van der Waals surface area contributed by atoms with E-state index in [1.807, 2.05) is 13.1 Å². The second-order valence-electron chi connectivity index (χ2n) is 5.64. The van der Waals surface area contributed by atoms with E-state index in [9.17, 15) is 0 Å². The molecule has 0 spiro atoms. The van der Waals surface area contributed by atoms with Crippen molar-refractivity contribution in [2.75, 3.05) is 0 Å². The lowest BCUT2D eigenvalue weighted by atomic mass is 10.1. The number of nitrogens with one attached hydrogen (secondary N) is 2. The minimum Gasteiger partial charge on any atom is -0.314 e. The van der Waals surface area contributed by atoms with Crippen molar-refractivity contribution in [2.24, 2.45) is 0 Å². The highest BCUT2D eigenvalue weighted by Gasteiger charge is 2.21. The maximum atomic E-state index is 4.22. The lowest BCUT2D eigenvalue weighted by molar-refractivity contribution is 0.375. The van der Waals surface area contributed by atoms with Crippen LogP contribution in [0.2, 0.25) is 0 Å². The molecule has 0 fully saturated rings. The van der Waals surface area contributed by atoms with Gasteiger partial charge in [0.15, 0.2) is 0 Å². The topological polar surface area (TPSA) is 71.4 Å². The molecule has 0 bridgehead atoms. The lowest BCUT2D eigenvalue weighted by Crippen LogP contribution is -2.37. The zero-order valence-electron chi connectivity index (χ0n) is 12.4. The summed E-state index contributed by atoms with van der Waals surface area (Å²) in [6, 6.07) is 4.64. The molecule has 1 aliphatic heterocycles. The number of H-pyrrole nitrogens is 1. The van der Waals surface area contributed by atoms with E-state index < -0.39 is 0 Å². The van der Waals surface area contributed by atoms with Crippen molar-refractivity contribution >= 4 is 11.3 Å². The van der Waals surface area contributed by atoms with Crippen molar-refractivity contribution in [3.63, 3.8) is 0 Å². The largest absolute Gasteiger partial charge is 0.314 e. The van der Waals surface area contributed by atoms with Crippen LogP contribution in [-0.4, -0.2) is 31.0 Å². The van der Waals surface area contributed by atoms with Crippen LogP contribution in [0.5, 0.6) is 0 Å². The fourth-order valence-electron chi connectivity index (χ4n) is 2.96. The molecule has 6 nitrogen and oxygen atoms in total. The van der Waals surface area contributed by atoms with E-state index in [1.54, 1.807) is 11.3 Å². The van der Waals surface area contributed by atoms with Gasteiger partial charge in [-0.2, -0.15) is 5.10 Å². The van der Waals surface area contributed by atoms with Crippen LogP contribution in [0.15, 0.2) is 23.7 Å². The molecule has 0 aromatic carbocycles. The first-order valence-electron chi connectivity index (χ1n) is 7.49. The van der Waals surface area contributed by atoms with Crippen molar-refractivity contribution in [1.82, 2.24) is 30.3 Å². The van der Waals surface area contributed by atoms with Crippen molar-refractivity contribution in [2.45, 2.75) is 38.9 Å². The molecule has 3 aromatic heterocycles. The van der Waals surface area contributed by atoms with Gasteiger partial charge in [-0.1, -0.05) is 6.07 Å². The van der Waals surface area contributed by atoms with Gasteiger partial charge in [0.2, 0.25) is 0 Å². The first-order chi connectivity index (χ1) is 10.8. The second kappa shape index (κ2) is 5.66. The van der Waals surface area contributed by atoms with Crippen LogP contribution in [0.1, 0.15) is 23.6 Å². The average Bonchev–Trinajstić information content (AvgIpc) is 3.26. The Kier molecular flexibility index (Phi) is 3.51. The molecule has 0 radical (unpaired) electrons. The summed E-state index contributed by atoms with van der Waals surface area (Å²) >= 11 is 1.73. The Bertz CT molecular complexity index is 757. The molecule has 7 heteroatoms. The normalized spacial score (nSPS) is 17.6. The molecule has 1 aliphatic rings. The molecule has 3 aromatic rings. The quantitative estimate of drug-likeness (QED) is 0.774. The Hall–Kier alpha value is -1.99. The van der Waals surface area contributed by atoms with Gasteiger partial charge in [-0.05, 0) is 24.8 Å².